The maximum absolute atomic E-state index is 12.5. The predicted octanol–water partition coefficient (Wildman–Crippen LogP) is 10.5. The molecule has 2 rings (SSSR count). The molecule has 1 fully saturated rings. The van der Waals surface area contributed by atoms with Crippen LogP contribution in [0.4, 0.5) is 0 Å². The Labute approximate surface area is 241 Å². The molecule has 1 aromatic rings. The molecule has 1 heterocycles. The highest BCUT2D eigenvalue weighted by molar-refractivity contribution is 9.08. The second kappa shape index (κ2) is 22.7. The lowest BCUT2D eigenvalue weighted by Gasteiger charge is -2.24. The van der Waals surface area contributed by atoms with Crippen LogP contribution in [0.15, 0.2) is 17.1 Å². The van der Waals surface area contributed by atoms with Gasteiger partial charge >= 0.3 is 0 Å². The van der Waals surface area contributed by atoms with E-state index >= 15 is 0 Å². The summed E-state index contributed by atoms with van der Waals surface area (Å²) >= 11 is 3.56. The molecule has 5 heteroatoms. The first-order valence-corrected chi connectivity index (χ1v) is 16.3. The summed E-state index contributed by atoms with van der Waals surface area (Å²) in [4.78, 5) is 12.5. The van der Waals surface area contributed by atoms with E-state index in [0.29, 0.717) is 17.7 Å². The summed E-state index contributed by atoms with van der Waals surface area (Å²) in [5.41, 5.74) is 1.09. The number of hydrogen-bond donors (Lipinski definition) is 0. The van der Waals surface area contributed by atoms with Crippen LogP contribution in [-0.2, 0) is 11.9 Å². The van der Waals surface area contributed by atoms with Gasteiger partial charge in [0.2, 0.25) is 5.43 Å². The minimum atomic E-state index is 0. The Bertz CT molecular complexity index is 700. The quantitative estimate of drug-likeness (QED) is 0.0997. The lowest BCUT2D eigenvalue weighted by atomic mass is 9.89. The number of nitrogens with zero attached hydrogens (tertiary/aromatic N) is 1. The molecule has 0 N–H and O–H groups in total. The van der Waals surface area contributed by atoms with E-state index in [0.717, 1.165) is 24.6 Å². The zero-order valence-corrected chi connectivity index (χ0v) is 26.6. The lowest BCUT2D eigenvalue weighted by molar-refractivity contribution is 0.290. The van der Waals surface area contributed by atoms with E-state index in [4.69, 9.17) is 4.74 Å². The van der Waals surface area contributed by atoms with E-state index in [1.54, 1.807) is 6.07 Å². The summed E-state index contributed by atoms with van der Waals surface area (Å²) in [6.45, 7) is 3.96. The third kappa shape index (κ3) is 15.2. The Morgan fingerprint density at radius 1 is 0.806 bits per heavy atom. The van der Waals surface area contributed by atoms with Crippen molar-refractivity contribution in [1.29, 1.82) is 0 Å². The van der Waals surface area contributed by atoms with Crippen LogP contribution in [0.3, 0.4) is 0 Å². The van der Waals surface area contributed by atoms with Crippen LogP contribution < -0.4 is 10.2 Å². The van der Waals surface area contributed by atoms with E-state index in [9.17, 15) is 4.79 Å². The molecule has 0 unspecified atom stereocenters. The average Bonchev–Trinajstić information content (AvgIpc) is 2.88. The number of alkyl halides is 1. The molecule has 0 spiro atoms. The van der Waals surface area contributed by atoms with Crippen molar-refractivity contribution in [2.24, 2.45) is 5.92 Å². The van der Waals surface area contributed by atoms with Gasteiger partial charge in [-0.05, 0) is 25.2 Å². The van der Waals surface area contributed by atoms with Crippen molar-refractivity contribution >= 4 is 32.9 Å². The molecule has 1 saturated carbocycles. The van der Waals surface area contributed by atoms with Crippen molar-refractivity contribution in [1.82, 2.24) is 4.57 Å². The highest BCUT2D eigenvalue weighted by Gasteiger charge is 2.16. The summed E-state index contributed by atoms with van der Waals surface area (Å²) in [6.07, 6.45) is 30.5. The Hall–Kier alpha value is -0.290. The molecule has 1 aliphatic rings. The smallest absolute Gasteiger partial charge is 0.223 e. The Morgan fingerprint density at radius 3 is 1.81 bits per heavy atom. The Kier molecular flexibility index (Phi) is 21.2. The molecule has 0 bridgehead atoms. The summed E-state index contributed by atoms with van der Waals surface area (Å²) in [6, 6.07) is 1.76. The third-order valence-electron chi connectivity index (χ3n) is 7.75. The van der Waals surface area contributed by atoms with Gasteiger partial charge in [-0.2, -0.15) is 0 Å². The number of aromatic nitrogens is 1. The number of ether oxygens (including phenoxy) is 1. The van der Waals surface area contributed by atoms with Crippen LogP contribution in [0.25, 0.3) is 0 Å². The van der Waals surface area contributed by atoms with Gasteiger partial charge in [0.05, 0.1) is 12.8 Å². The van der Waals surface area contributed by atoms with E-state index in [2.05, 4.69) is 27.4 Å². The van der Waals surface area contributed by atoms with Crippen molar-refractivity contribution < 1.29 is 4.74 Å². The van der Waals surface area contributed by atoms with Crippen LogP contribution in [0.1, 0.15) is 147 Å². The second-order valence-corrected chi connectivity index (χ2v) is 11.5. The number of halogens is 2. The van der Waals surface area contributed by atoms with Crippen molar-refractivity contribution in [3.8, 4) is 5.75 Å². The van der Waals surface area contributed by atoms with E-state index in [-0.39, 0.29) is 22.4 Å². The van der Waals surface area contributed by atoms with E-state index < -0.39 is 0 Å². The average molecular weight is 634 g/mol. The van der Waals surface area contributed by atoms with Gasteiger partial charge in [0.15, 0.2) is 5.75 Å². The van der Waals surface area contributed by atoms with Gasteiger partial charge in [0.1, 0.15) is 0 Å². The molecule has 3 nitrogen and oxygen atoms in total. The number of pyridine rings is 1. The van der Waals surface area contributed by atoms with Gasteiger partial charge < -0.3 is 9.30 Å². The minimum Gasteiger partial charge on any atom is -0.488 e. The standard InChI is InChI=1S/C31H54BrNO2.BrH/c1-2-3-4-5-6-7-8-9-10-11-12-13-14-15-16-20-23-35-31-27-33(29(25-32)24-30(31)34)26-28-21-18-17-19-22-28;/h24,27-28H,2-23,25-26H2,1H3;1H. The van der Waals surface area contributed by atoms with Crippen molar-refractivity contribution in [3.05, 3.63) is 28.2 Å². The molecule has 1 aromatic heterocycles. The molecule has 1 aliphatic carbocycles. The van der Waals surface area contributed by atoms with Gasteiger partial charge in [-0.25, -0.2) is 0 Å². The van der Waals surface area contributed by atoms with Crippen LogP contribution in [0.5, 0.6) is 5.75 Å². The van der Waals surface area contributed by atoms with Crippen LogP contribution >= 0.6 is 32.9 Å². The second-order valence-electron chi connectivity index (χ2n) is 10.9. The molecule has 0 amide bonds. The summed E-state index contributed by atoms with van der Waals surface area (Å²) in [5, 5.41) is 0.717. The summed E-state index contributed by atoms with van der Waals surface area (Å²) in [7, 11) is 0. The maximum Gasteiger partial charge on any atom is 0.223 e. The third-order valence-corrected chi connectivity index (χ3v) is 8.33. The fourth-order valence-electron chi connectivity index (χ4n) is 5.47. The van der Waals surface area contributed by atoms with Crippen molar-refractivity contribution in [2.45, 2.75) is 154 Å². The van der Waals surface area contributed by atoms with Gasteiger partial charge in [-0.15, -0.1) is 17.0 Å². The normalized spacial score (nSPS) is 14.1. The summed E-state index contributed by atoms with van der Waals surface area (Å²) in [5.74, 6) is 1.27. The Morgan fingerprint density at radius 2 is 1.31 bits per heavy atom. The van der Waals surface area contributed by atoms with Crippen LogP contribution in [0.2, 0.25) is 0 Å². The highest BCUT2D eigenvalue weighted by Crippen LogP contribution is 2.26. The predicted molar refractivity (Wildman–Crippen MR) is 165 cm³/mol. The van der Waals surface area contributed by atoms with Crippen LogP contribution in [-0.4, -0.2) is 11.2 Å². The lowest BCUT2D eigenvalue weighted by Crippen LogP contribution is -2.20. The Balaban J connectivity index is 0.00000648. The largest absolute Gasteiger partial charge is 0.488 e. The summed E-state index contributed by atoms with van der Waals surface area (Å²) < 4.78 is 8.20. The molecule has 0 radical (unpaired) electrons. The topological polar surface area (TPSA) is 31.2 Å². The first kappa shape index (κ1) is 33.7. The fraction of sp³-hybridized carbons (Fsp3) is 0.839. The van der Waals surface area contributed by atoms with Gasteiger partial charge in [0.25, 0.3) is 0 Å². The molecule has 0 saturated heterocycles. The zero-order valence-electron chi connectivity index (χ0n) is 23.3. The molecule has 36 heavy (non-hydrogen) atoms. The number of rotatable bonds is 21. The molecule has 0 aliphatic heterocycles. The fourth-order valence-corrected chi connectivity index (χ4v) is 5.95. The first-order valence-electron chi connectivity index (χ1n) is 15.2. The molecule has 0 aromatic carbocycles. The van der Waals surface area contributed by atoms with Gasteiger partial charge in [-0.1, -0.05) is 138 Å². The zero-order chi connectivity index (χ0) is 25.0. The number of hydrogen-bond acceptors (Lipinski definition) is 2. The van der Waals surface area contributed by atoms with Crippen LogP contribution in [0, 0.1) is 5.92 Å². The SMILES string of the molecule is Br.CCCCCCCCCCCCCCCCCCOc1cn(CC2CCCCC2)c(CBr)cc1=O. The monoisotopic (exact) mass is 631 g/mol. The minimum absolute atomic E-state index is 0. The maximum atomic E-state index is 12.5. The molecule has 0 atom stereocenters. The molecule has 210 valence electrons. The van der Waals surface area contributed by atoms with Gasteiger partial charge in [-0.3, -0.25) is 4.79 Å². The molecular weight excluding hydrogens is 578 g/mol. The van der Waals surface area contributed by atoms with E-state index in [1.165, 1.54) is 128 Å². The highest BCUT2D eigenvalue weighted by atomic mass is 79.9. The first-order chi connectivity index (χ1) is 17.2. The van der Waals surface area contributed by atoms with Gasteiger partial charge in [0, 0.05) is 23.6 Å². The number of unbranched alkanes of at least 4 members (excludes halogenated alkanes) is 15. The van der Waals surface area contributed by atoms with E-state index in [1.807, 2.05) is 6.20 Å². The molecular formula is C31H55Br2NO2. The van der Waals surface area contributed by atoms with Crippen molar-refractivity contribution in [3.63, 3.8) is 0 Å². The van der Waals surface area contributed by atoms with Crippen molar-refractivity contribution in [2.75, 3.05) is 6.61 Å².